The second-order valence-corrected chi connectivity index (χ2v) is 3.41. The second-order valence-electron chi connectivity index (χ2n) is 3.41. The zero-order chi connectivity index (χ0) is 11.1. The van der Waals surface area contributed by atoms with Gasteiger partial charge >= 0.3 is 0 Å². The van der Waals surface area contributed by atoms with Crippen LogP contribution >= 0.6 is 0 Å². The molecule has 0 rings (SSSR count). The lowest BCUT2D eigenvalue weighted by atomic mass is 10.0. The fourth-order valence-electron chi connectivity index (χ4n) is 1.15. The zero-order valence-corrected chi connectivity index (χ0v) is 9.12. The average Bonchev–Trinajstić information content (AvgIpc) is 2.13. The molecule has 0 N–H and O–H groups in total. The Bertz CT molecular complexity index is 251. The van der Waals surface area contributed by atoms with E-state index >= 15 is 0 Å². The lowest BCUT2D eigenvalue weighted by Crippen LogP contribution is -2.17. The van der Waals surface area contributed by atoms with Crippen molar-refractivity contribution < 1.29 is 9.53 Å². The minimum atomic E-state index is -0.123. The molecule has 0 aromatic carbocycles. The number of carbonyl (C=O) groups excluding carboxylic acids is 1. The van der Waals surface area contributed by atoms with Gasteiger partial charge in [0.1, 0.15) is 12.4 Å². The van der Waals surface area contributed by atoms with Crippen molar-refractivity contribution in [3.05, 3.63) is 36.6 Å². The van der Waals surface area contributed by atoms with Crippen LogP contribution in [0.15, 0.2) is 36.6 Å². The van der Waals surface area contributed by atoms with E-state index < -0.39 is 0 Å². The van der Waals surface area contributed by atoms with Gasteiger partial charge in [-0.25, -0.2) is 0 Å². The molecule has 0 amide bonds. The number of aldehydes is 1. The molecule has 0 spiro atoms. The van der Waals surface area contributed by atoms with Crippen LogP contribution in [-0.4, -0.2) is 12.4 Å². The van der Waals surface area contributed by atoms with Crippen LogP contribution in [0.4, 0.5) is 0 Å². The molecule has 78 valence electrons. The molecule has 2 atom stereocenters. The van der Waals surface area contributed by atoms with Gasteiger partial charge in [-0.15, -0.1) is 0 Å². The van der Waals surface area contributed by atoms with E-state index in [9.17, 15) is 4.79 Å². The first-order valence-corrected chi connectivity index (χ1v) is 4.59. The third-order valence-corrected chi connectivity index (χ3v) is 1.80. The highest BCUT2D eigenvalue weighted by Crippen LogP contribution is 2.14. The summed E-state index contributed by atoms with van der Waals surface area (Å²) in [6.45, 7) is 12.9. The van der Waals surface area contributed by atoms with Crippen LogP contribution in [-0.2, 0) is 9.53 Å². The number of carbonyl (C=O) groups is 1. The first-order chi connectivity index (χ1) is 6.51. The molecule has 2 nitrogen and oxygen atoms in total. The van der Waals surface area contributed by atoms with Crippen LogP contribution in [0, 0.1) is 5.92 Å². The molecule has 0 aromatic rings. The van der Waals surface area contributed by atoms with Gasteiger partial charge in [0, 0.05) is 5.92 Å². The highest BCUT2D eigenvalue weighted by molar-refractivity contribution is 5.72. The van der Waals surface area contributed by atoms with Gasteiger partial charge in [-0.2, -0.15) is 0 Å². The highest BCUT2D eigenvalue weighted by Gasteiger charge is 2.12. The Balaban J connectivity index is 4.45. The fourth-order valence-corrected chi connectivity index (χ4v) is 1.15. The molecule has 0 aromatic heterocycles. The van der Waals surface area contributed by atoms with E-state index in [1.165, 1.54) is 0 Å². The standard InChI is InChI=1S/C12H18O2/c1-6-12(14-9(2)3)11(5)7-10(4)8-13/h6-8,11-12H,1-2H2,3-5H3/b10-7+/t11-,12?/m1/s1. The Morgan fingerprint density at radius 3 is 2.36 bits per heavy atom. The molecular formula is C12H18O2. The van der Waals surface area contributed by atoms with Crippen molar-refractivity contribution in [2.75, 3.05) is 0 Å². The van der Waals surface area contributed by atoms with Gasteiger partial charge in [0.15, 0.2) is 0 Å². The average molecular weight is 194 g/mol. The van der Waals surface area contributed by atoms with Crippen molar-refractivity contribution in [2.24, 2.45) is 5.92 Å². The minimum absolute atomic E-state index is 0.120. The molecular weight excluding hydrogens is 176 g/mol. The SMILES string of the molecule is C=CC(OC(=C)C)[C@H](C)/C=C(\C)C=O. The van der Waals surface area contributed by atoms with Crippen molar-refractivity contribution in [1.29, 1.82) is 0 Å². The normalized spacial score (nSPS) is 15.5. The van der Waals surface area contributed by atoms with E-state index in [-0.39, 0.29) is 12.0 Å². The summed E-state index contributed by atoms with van der Waals surface area (Å²) in [6.07, 6.45) is 4.29. The van der Waals surface area contributed by atoms with Gasteiger partial charge in [0.25, 0.3) is 0 Å². The summed E-state index contributed by atoms with van der Waals surface area (Å²) in [7, 11) is 0. The van der Waals surface area contributed by atoms with E-state index in [2.05, 4.69) is 13.2 Å². The molecule has 0 fully saturated rings. The predicted molar refractivity (Wildman–Crippen MR) is 58.9 cm³/mol. The molecule has 0 heterocycles. The summed E-state index contributed by atoms with van der Waals surface area (Å²) < 4.78 is 5.43. The Morgan fingerprint density at radius 1 is 1.43 bits per heavy atom. The lowest BCUT2D eigenvalue weighted by Gasteiger charge is -2.19. The molecule has 0 aliphatic carbocycles. The van der Waals surface area contributed by atoms with Crippen molar-refractivity contribution in [1.82, 2.24) is 0 Å². The summed E-state index contributed by atoms with van der Waals surface area (Å²) in [5.41, 5.74) is 0.703. The van der Waals surface area contributed by atoms with Crippen LogP contribution in [0.2, 0.25) is 0 Å². The summed E-state index contributed by atoms with van der Waals surface area (Å²) >= 11 is 0. The number of allylic oxidation sites excluding steroid dienone is 2. The fraction of sp³-hybridized carbons (Fsp3) is 0.417. The lowest BCUT2D eigenvalue weighted by molar-refractivity contribution is -0.104. The number of hydrogen-bond acceptors (Lipinski definition) is 2. The van der Waals surface area contributed by atoms with Gasteiger partial charge < -0.3 is 4.74 Å². The van der Waals surface area contributed by atoms with Gasteiger partial charge in [0.2, 0.25) is 0 Å². The van der Waals surface area contributed by atoms with E-state index in [4.69, 9.17) is 4.74 Å². The van der Waals surface area contributed by atoms with Gasteiger partial charge in [-0.3, -0.25) is 4.79 Å². The first kappa shape index (κ1) is 12.7. The Labute approximate surface area is 86.0 Å². The van der Waals surface area contributed by atoms with E-state index in [0.717, 1.165) is 6.29 Å². The number of hydrogen-bond donors (Lipinski definition) is 0. The summed E-state index contributed by atoms with van der Waals surface area (Å²) in [5.74, 6) is 0.772. The summed E-state index contributed by atoms with van der Waals surface area (Å²) in [4.78, 5) is 10.4. The second kappa shape index (κ2) is 6.19. The summed E-state index contributed by atoms with van der Waals surface area (Å²) in [5, 5.41) is 0. The molecule has 0 aliphatic rings. The van der Waals surface area contributed by atoms with Gasteiger partial charge in [-0.05, 0) is 19.4 Å². The number of rotatable bonds is 6. The molecule has 0 saturated heterocycles. The smallest absolute Gasteiger partial charge is 0.145 e. The van der Waals surface area contributed by atoms with Crippen LogP contribution in [0.5, 0.6) is 0 Å². The highest BCUT2D eigenvalue weighted by atomic mass is 16.5. The monoisotopic (exact) mass is 194 g/mol. The van der Waals surface area contributed by atoms with Gasteiger partial charge in [-0.1, -0.05) is 32.2 Å². The van der Waals surface area contributed by atoms with Crippen LogP contribution in [0.25, 0.3) is 0 Å². The molecule has 0 radical (unpaired) electrons. The largest absolute Gasteiger partial charge is 0.491 e. The maximum atomic E-state index is 10.4. The third-order valence-electron chi connectivity index (χ3n) is 1.80. The molecule has 0 aliphatic heterocycles. The minimum Gasteiger partial charge on any atom is -0.491 e. The maximum absolute atomic E-state index is 10.4. The Hall–Kier alpha value is -1.31. The van der Waals surface area contributed by atoms with Crippen LogP contribution in [0.3, 0.4) is 0 Å². The quantitative estimate of drug-likeness (QED) is 0.281. The Kier molecular flexibility index (Phi) is 5.61. The molecule has 2 heteroatoms. The molecule has 0 bridgehead atoms. The van der Waals surface area contributed by atoms with E-state index in [1.807, 2.05) is 13.0 Å². The first-order valence-electron chi connectivity index (χ1n) is 4.59. The van der Waals surface area contributed by atoms with E-state index in [1.54, 1.807) is 19.9 Å². The molecule has 0 saturated carbocycles. The van der Waals surface area contributed by atoms with Crippen LogP contribution in [0.1, 0.15) is 20.8 Å². The molecule has 14 heavy (non-hydrogen) atoms. The Morgan fingerprint density at radius 2 is 2.00 bits per heavy atom. The predicted octanol–water partition coefficient (Wildman–Crippen LogP) is 2.87. The number of ether oxygens (including phenoxy) is 1. The third kappa shape index (κ3) is 4.65. The van der Waals surface area contributed by atoms with E-state index in [0.29, 0.717) is 11.3 Å². The van der Waals surface area contributed by atoms with Crippen LogP contribution < -0.4 is 0 Å². The van der Waals surface area contributed by atoms with Crippen molar-refractivity contribution >= 4 is 6.29 Å². The topological polar surface area (TPSA) is 26.3 Å². The van der Waals surface area contributed by atoms with Gasteiger partial charge in [0.05, 0.1) is 5.76 Å². The maximum Gasteiger partial charge on any atom is 0.145 e. The summed E-state index contributed by atoms with van der Waals surface area (Å²) in [6, 6.07) is 0. The zero-order valence-electron chi connectivity index (χ0n) is 9.12. The van der Waals surface area contributed by atoms with Crippen molar-refractivity contribution in [3.63, 3.8) is 0 Å². The van der Waals surface area contributed by atoms with Crippen molar-refractivity contribution in [2.45, 2.75) is 26.9 Å². The molecule has 1 unspecified atom stereocenters. The van der Waals surface area contributed by atoms with Crippen molar-refractivity contribution in [3.8, 4) is 0 Å².